The molecule has 0 bridgehead atoms. The second-order valence-corrected chi connectivity index (χ2v) is 8.29. The minimum Gasteiger partial charge on any atom is -0.362 e. The van der Waals surface area contributed by atoms with Crippen molar-refractivity contribution in [2.24, 2.45) is 0 Å². The highest BCUT2D eigenvalue weighted by Gasteiger charge is 2.42. The van der Waals surface area contributed by atoms with Crippen LogP contribution in [0.4, 0.5) is 0 Å². The van der Waals surface area contributed by atoms with Gasteiger partial charge in [-0.2, -0.15) is 0 Å². The molecule has 4 nitrogen and oxygen atoms in total. The Morgan fingerprint density at radius 1 is 0.774 bits per heavy atom. The molecule has 2 amide bonds. The molecule has 0 radical (unpaired) electrons. The summed E-state index contributed by atoms with van der Waals surface area (Å²) in [6, 6.07) is 25.0. The molecule has 5 rings (SSSR count). The van der Waals surface area contributed by atoms with Gasteiger partial charge < -0.3 is 4.90 Å². The zero-order chi connectivity index (χ0) is 21.4. The van der Waals surface area contributed by atoms with Crippen LogP contribution in [-0.2, 0) is 29.1 Å². The molecule has 2 aliphatic rings. The van der Waals surface area contributed by atoms with E-state index in [2.05, 4.69) is 17.0 Å². The number of nitrogens with zero attached hydrogens (tertiary/aromatic N) is 2. The largest absolute Gasteiger partial charge is 0.362 e. The minimum absolute atomic E-state index is 0.238. The lowest BCUT2D eigenvalue weighted by Gasteiger charge is -2.31. The summed E-state index contributed by atoms with van der Waals surface area (Å²) < 4.78 is 0. The van der Waals surface area contributed by atoms with Gasteiger partial charge in [0.15, 0.2) is 0 Å². The third kappa shape index (κ3) is 3.64. The summed E-state index contributed by atoms with van der Waals surface area (Å²) >= 11 is 6.07. The summed E-state index contributed by atoms with van der Waals surface area (Å²) in [6.45, 7) is 1.56. The number of carbonyl (C=O) groups is 2. The number of hydrogen-bond acceptors (Lipinski definition) is 3. The Hall–Kier alpha value is -3.37. The number of rotatable bonds is 4. The van der Waals surface area contributed by atoms with E-state index >= 15 is 0 Å². The summed E-state index contributed by atoms with van der Waals surface area (Å²) in [5, 5.41) is 0.593. The van der Waals surface area contributed by atoms with Gasteiger partial charge in [-0.25, -0.2) is 0 Å². The predicted molar refractivity (Wildman–Crippen MR) is 121 cm³/mol. The summed E-state index contributed by atoms with van der Waals surface area (Å²) in [7, 11) is 0. The Morgan fingerprint density at radius 3 is 2.19 bits per heavy atom. The van der Waals surface area contributed by atoms with E-state index in [0.29, 0.717) is 34.9 Å². The van der Waals surface area contributed by atoms with Crippen molar-refractivity contribution < 1.29 is 9.59 Å². The van der Waals surface area contributed by atoms with Gasteiger partial charge in [-0.3, -0.25) is 14.5 Å². The van der Waals surface area contributed by atoms with Gasteiger partial charge >= 0.3 is 0 Å². The van der Waals surface area contributed by atoms with Crippen molar-refractivity contribution in [2.45, 2.75) is 19.5 Å². The van der Waals surface area contributed by atoms with Crippen molar-refractivity contribution in [3.8, 4) is 0 Å². The van der Waals surface area contributed by atoms with E-state index < -0.39 is 0 Å². The SMILES string of the molecule is O=C1C(c2ccc(Cl)cc2)=C(N2CCc3ccccc3C2)C(=O)N1Cc1ccccc1. The second-order valence-electron chi connectivity index (χ2n) is 7.85. The van der Waals surface area contributed by atoms with E-state index in [1.165, 1.54) is 16.0 Å². The Balaban J connectivity index is 1.56. The van der Waals surface area contributed by atoms with Crippen LogP contribution in [0.25, 0.3) is 5.57 Å². The van der Waals surface area contributed by atoms with Crippen LogP contribution in [0, 0.1) is 0 Å². The quantitative estimate of drug-likeness (QED) is 0.566. The third-order valence-corrected chi connectivity index (χ3v) is 6.16. The maximum absolute atomic E-state index is 13.6. The lowest BCUT2D eigenvalue weighted by Crippen LogP contribution is -2.37. The first-order valence-electron chi connectivity index (χ1n) is 10.3. The van der Waals surface area contributed by atoms with Crippen LogP contribution in [0.1, 0.15) is 22.3 Å². The van der Waals surface area contributed by atoms with Crippen LogP contribution in [-0.4, -0.2) is 28.2 Å². The van der Waals surface area contributed by atoms with E-state index in [9.17, 15) is 9.59 Å². The molecule has 0 atom stereocenters. The number of benzene rings is 3. The van der Waals surface area contributed by atoms with Crippen LogP contribution in [0.5, 0.6) is 0 Å². The summed E-state index contributed by atoms with van der Waals surface area (Å²) in [5.74, 6) is -0.497. The van der Waals surface area contributed by atoms with Crippen LogP contribution in [0.15, 0.2) is 84.6 Å². The van der Waals surface area contributed by atoms with Crippen molar-refractivity contribution in [1.29, 1.82) is 0 Å². The number of amides is 2. The molecule has 2 heterocycles. The topological polar surface area (TPSA) is 40.6 Å². The molecular formula is C26H21ClN2O2. The Kier molecular flexibility index (Phi) is 5.08. The molecule has 0 saturated carbocycles. The predicted octanol–water partition coefficient (Wildman–Crippen LogP) is 4.68. The first kappa shape index (κ1) is 19.6. The van der Waals surface area contributed by atoms with Crippen LogP contribution < -0.4 is 0 Å². The fourth-order valence-electron chi connectivity index (χ4n) is 4.33. The van der Waals surface area contributed by atoms with Crippen LogP contribution >= 0.6 is 11.6 Å². The molecule has 3 aromatic carbocycles. The van der Waals surface area contributed by atoms with Crippen LogP contribution in [0.3, 0.4) is 0 Å². The van der Waals surface area contributed by atoms with Gasteiger partial charge in [-0.05, 0) is 40.8 Å². The average molecular weight is 429 g/mol. The zero-order valence-electron chi connectivity index (χ0n) is 16.9. The molecule has 0 saturated heterocycles. The highest BCUT2D eigenvalue weighted by atomic mass is 35.5. The van der Waals surface area contributed by atoms with Gasteiger partial charge in [0, 0.05) is 18.1 Å². The lowest BCUT2D eigenvalue weighted by molar-refractivity contribution is -0.138. The van der Waals surface area contributed by atoms with Gasteiger partial charge in [-0.1, -0.05) is 78.3 Å². The molecule has 0 aromatic heterocycles. The normalized spacial score (nSPS) is 16.2. The van der Waals surface area contributed by atoms with Gasteiger partial charge in [0.25, 0.3) is 11.8 Å². The van der Waals surface area contributed by atoms with Crippen molar-refractivity contribution in [3.05, 3.63) is 112 Å². The summed E-state index contributed by atoms with van der Waals surface area (Å²) in [6.07, 6.45) is 0.841. The molecule has 0 N–H and O–H groups in total. The number of hydrogen-bond donors (Lipinski definition) is 0. The minimum atomic E-state index is -0.259. The molecule has 0 aliphatic carbocycles. The number of halogens is 1. The van der Waals surface area contributed by atoms with Crippen molar-refractivity contribution in [3.63, 3.8) is 0 Å². The Labute approximate surface area is 186 Å². The van der Waals surface area contributed by atoms with E-state index in [1.807, 2.05) is 54.6 Å². The average Bonchev–Trinajstić information content (AvgIpc) is 3.05. The monoisotopic (exact) mass is 428 g/mol. The smallest absolute Gasteiger partial charge is 0.278 e. The highest BCUT2D eigenvalue weighted by molar-refractivity contribution is 6.35. The Morgan fingerprint density at radius 2 is 1.45 bits per heavy atom. The van der Waals surface area contributed by atoms with Crippen molar-refractivity contribution >= 4 is 29.0 Å². The number of fused-ring (bicyclic) bond motifs is 1. The molecule has 0 unspecified atom stereocenters. The maximum atomic E-state index is 13.6. The second kappa shape index (κ2) is 8.05. The molecule has 31 heavy (non-hydrogen) atoms. The molecule has 2 aliphatic heterocycles. The zero-order valence-corrected chi connectivity index (χ0v) is 17.7. The maximum Gasteiger partial charge on any atom is 0.278 e. The molecule has 154 valence electrons. The van der Waals surface area contributed by atoms with Gasteiger partial charge in [0.2, 0.25) is 0 Å². The molecular weight excluding hydrogens is 408 g/mol. The Bertz CT molecular complexity index is 1190. The van der Waals surface area contributed by atoms with Gasteiger partial charge in [-0.15, -0.1) is 0 Å². The molecule has 0 spiro atoms. The molecule has 0 fully saturated rings. The first-order valence-corrected chi connectivity index (χ1v) is 10.7. The fourth-order valence-corrected chi connectivity index (χ4v) is 4.46. The van der Waals surface area contributed by atoms with Gasteiger partial charge in [0.05, 0.1) is 12.1 Å². The number of carbonyl (C=O) groups excluding carboxylic acids is 2. The van der Waals surface area contributed by atoms with Gasteiger partial charge in [0.1, 0.15) is 5.70 Å². The van der Waals surface area contributed by atoms with E-state index in [0.717, 1.165) is 12.0 Å². The lowest BCUT2D eigenvalue weighted by atomic mass is 9.98. The van der Waals surface area contributed by atoms with Crippen molar-refractivity contribution in [1.82, 2.24) is 9.80 Å². The molecule has 3 aromatic rings. The van der Waals surface area contributed by atoms with Crippen LogP contribution in [0.2, 0.25) is 5.02 Å². The van der Waals surface area contributed by atoms with E-state index in [1.54, 1.807) is 12.1 Å². The standard InChI is InChI=1S/C26H21ClN2O2/c27-22-12-10-20(11-13-22)23-24(28-15-14-19-8-4-5-9-21(19)17-28)26(31)29(25(23)30)16-18-6-2-1-3-7-18/h1-13H,14-17H2. The highest BCUT2D eigenvalue weighted by Crippen LogP contribution is 2.35. The number of imide groups is 1. The van der Waals surface area contributed by atoms with E-state index in [4.69, 9.17) is 11.6 Å². The third-order valence-electron chi connectivity index (χ3n) is 5.91. The summed E-state index contributed by atoms with van der Waals surface area (Å²) in [4.78, 5) is 30.5. The molecule has 5 heteroatoms. The van der Waals surface area contributed by atoms with Crippen molar-refractivity contribution in [2.75, 3.05) is 6.54 Å². The summed E-state index contributed by atoms with van der Waals surface area (Å²) in [5.41, 5.74) is 5.07. The van der Waals surface area contributed by atoms with E-state index in [-0.39, 0.29) is 18.4 Å². The fraction of sp³-hybridized carbons (Fsp3) is 0.154. The first-order chi connectivity index (χ1) is 15.1.